The molecule has 0 atom stereocenters. The molecule has 0 unspecified atom stereocenters. The fourth-order valence-electron chi connectivity index (χ4n) is 2.22. The Balaban J connectivity index is 1.79. The van der Waals surface area contributed by atoms with Crippen molar-refractivity contribution in [2.45, 2.75) is 26.4 Å². The van der Waals surface area contributed by atoms with Crippen molar-refractivity contribution >= 4 is 28.4 Å². The number of rotatable bonds is 6. The summed E-state index contributed by atoms with van der Waals surface area (Å²) < 4.78 is 11.4. The van der Waals surface area contributed by atoms with E-state index in [1.807, 2.05) is 50.2 Å². The fraction of sp³-hybridized carbons (Fsp3) is 0.222. The van der Waals surface area contributed by atoms with Gasteiger partial charge in [0.2, 0.25) is 5.06 Å². The van der Waals surface area contributed by atoms with Crippen molar-refractivity contribution in [3.05, 3.63) is 48.2 Å². The Kier molecular flexibility index (Phi) is 4.57. The monoisotopic (exact) mass is 327 g/mol. The predicted molar refractivity (Wildman–Crippen MR) is 91.7 cm³/mol. The van der Waals surface area contributed by atoms with Crippen molar-refractivity contribution in [2.75, 3.05) is 0 Å². The molecule has 0 radical (unpaired) electrons. The van der Waals surface area contributed by atoms with Gasteiger partial charge in [0.15, 0.2) is 0 Å². The van der Waals surface area contributed by atoms with E-state index in [2.05, 4.69) is 4.98 Å². The van der Waals surface area contributed by atoms with Crippen LogP contribution in [0.2, 0.25) is 0 Å². The zero-order valence-electron chi connectivity index (χ0n) is 13.0. The fourth-order valence-corrected chi connectivity index (χ4v) is 2.98. The minimum atomic E-state index is 0.0928. The van der Waals surface area contributed by atoms with Gasteiger partial charge in [0.05, 0.1) is 12.3 Å². The highest BCUT2D eigenvalue weighted by Gasteiger charge is 2.07. The first-order valence-corrected chi connectivity index (χ1v) is 8.22. The molecule has 0 saturated heterocycles. The van der Waals surface area contributed by atoms with Gasteiger partial charge in [0, 0.05) is 6.42 Å². The van der Waals surface area contributed by atoms with Gasteiger partial charge in [0.1, 0.15) is 12.0 Å². The van der Waals surface area contributed by atoms with E-state index in [1.54, 1.807) is 6.20 Å². The van der Waals surface area contributed by atoms with E-state index in [1.165, 1.54) is 11.3 Å². The summed E-state index contributed by atoms with van der Waals surface area (Å²) in [4.78, 5) is 14.8. The second-order valence-electron chi connectivity index (χ2n) is 5.43. The molecular weight excluding hydrogens is 310 g/mol. The van der Waals surface area contributed by atoms with Gasteiger partial charge in [-0.1, -0.05) is 24.3 Å². The number of aldehydes is 1. The maximum Gasteiger partial charge on any atom is 0.276 e. The van der Waals surface area contributed by atoms with Crippen molar-refractivity contribution in [2.24, 2.45) is 0 Å². The summed E-state index contributed by atoms with van der Waals surface area (Å²) >= 11 is 1.38. The molecule has 0 aliphatic heterocycles. The molecule has 0 aliphatic carbocycles. The molecule has 3 aromatic rings. The van der Waals surface area contributed by atoms with Crippen molar-refractivity contribution in [3.8, 4) is 16.0 Å². The first-order valence-electron chi connectivity index (χ1n) is 7.41. The lowest BCUT2D eigenvalue weighted by Gasteiger charge is -2.06. The third kappa shape index (κ3) is 3.87. The Bertz CT molecular complexity index is 826. The van der Waals surface area contributed by atoms with Crippen molar-refractivity contribution < 1.29 is 14.3 Å². The van der Waals surface area contributed by atoms with Gasteiger partial charge < -0.3 is 14.3 Å². The molecule has 0 saturated carbocycles. The lowest BCUT2D eigenvalue weighted by molar-refractivity contribution is -0.107. The van der Waals surface area contributed by atoms with Crippen LogP contribution in [0.1, 0.15) is 19.4 Å². The summed E-state index contributed by atoms with van der Waals surface area (Å²) in [6.45, 7) is 3.92. The van der Waals surface area contributed by atoms with Crippen LogP contribution in [-0.4, -0.2) is 17.4 Å². The average molecular weight is 327 g/mol. The van der Waals surface area contributed by atoms with E-state index < -0.39 is 0 Å². The highest BCUT2D eigenvalue weighted by Crippen LogP contribution is 2.33. The van der Waals surface area contributed by atoms with Crippen LogP contribution in [-0.2, 0) is 11.2 Å². The van der Waals surface area contributed by atoms with Crippen LogP contribution in [0.3, 0.4) is 0 Å². The summed E-state index contributed by atoms with van der Waals surface area (Å²) in [6.07, 6.45) is 3.11. The van der Waals surface area contributed by atoms with Gasteiger partial charge in [-0.15, -0.1) is 0 Å². The van der Waals surface area contributed by atoms with Crippen LogP contribution in [0.4, 0.5) is 0 Å². The number of thiazole rings is 1. The lowest BCUT2D eigenvalue weighted by atomic mass is 10.1. The van der Waals surface area contributed by atoms with Crippen LogP contribution >= 0.6 is 11.3 Å². The Morgan fingerprint density at radius 2 is 1.96 bits per heavy atom. The highest BCUT2D eigenvalue weighted by molar-refractivity contribution is 7.15. The minimum Gasteiger partial charge on any atom is -0.467 e. The summed E-state index contributed by atoms with van der Waals surface area (Å²) in [5.74, 6) is 0.750. The third-order valence-electron chi connectivity index (χ3n) is 3.21. The van der Waals surface area contributed by atoms with E-state index in [9.17, 15) is 4.79 Å². The van der Waals surface area contributed by atoms with Gasteiger partial charge in [-0.2, -0.15) is 0 Å². The number of carbonyl (C=O) groups excluding carboxylic acids is 1. The number of fused-ring (bicyclic) bond motifs is 1. The molecule has 1 aromatic heterocycles. The summed E-state index contributed by atoms with van der Waals surface area (Å²) in [5, 5.41) is 3.46. The van der Waals surface area contributed by atoms with Gasteiger partial charge in [-0.25, -0.2) is 4.98 Å². The quantitative estimate of drug-likeness (QED) is 0.620. The largest absolute Gasteiger partial charge is 0.467 e. The van der Waals surface area contributed by atoms with E-state index in [0.717, 1.165) is 28.4 Å². The SMILES string of the molecule is CC(C)Oc1ncc(Oc2ccc3cc(CC=O)ccc3c2)s1. The number of hydrogen-bond acceptors (Lipinski definition) is 5. The van der Waals surface area contributed by atoms with Crippen molar-refractivity contribution in [1.29, 1.82) is 0 Å². The first-order chi connectivity index (χ1) is 11.1. The van der Waals surface area contributed by atoms with E-state index in [-0.39, 0.29) is 6.10 Å². The smallest absolute Gasteiger partial charge is 0.276 e. The van der Waals surface area contributed by atoms with Crippen LogP contribution < -0.4 is 9.47 Å². The van der Waals surface area contributed by atoms with Gasteiger partial charge in [0.25, 0.3) is 5.19 Å². The molecule has 3 rings (SSSR count). The molecule has 1 heterocycles. The number of ether oxygens (including phenoxy) is 2. The van der Waals surface area contributed by atoms with Gasteiger partial charge >= 0.3 is 0 Å². The Hall–Kier alpha value is -2.40. The normalized spacial score (nSPS) is 10.9. The summed E-state index contributed by atoms with van der Waals surface area (Å²) in [5.41, 5.74) is 1.01. The predicted octanol–water partition coefficient (Wildman–Crippen LogP) is 4.62. The zero-order valence-corrected chi connectivity index (χ0v) is 13.8. The molecule has 0 bridgehead atoms. The second kappa shape index (κ2) is 6.79. The molecule has 0 N–H and O–H groups in total. The molecule has 0 amide bonds. The number of aromatic nitrogens is 1. The van der Waals surface area contributed by atoms with Crippen LogP contribution in [0, 0.1) is 0 Å². The molecule has 118 valence electrons. The number of hydrogen-bond donors (Lipinski definition) is 0. The second-order valence-corrected chi connectivity index (χ2v) is 6.38. The van der Waals surface area contributed by atoms with E-state index in [4.69, 9.17) is 9.47 Å². The van der Waals surface area contributed by atoms with Crippen LogP contribution in [0.15, 0.2) is 42.6 Å². The molecule has 0 spiro atoms. The summed E-state index contributed by atoms with van der Waals surface area (Å²) in [6, 6.07) is 11.9. The van der Waals surface area contributed by atoms with E-state index in [0.29, 0.717) is 16.7 Å². The highest BCUT2D eigenvalue weighted by atomic mass is 32.1. The number of carbonyl (C=O) groups is 1. The number of nitrogens with zero attached hydrogens (tertiary/aromatic N) is 1. The molecule has 5 heteroatoms. The lowest BCUT2D eigenvalue weighted by Crippen LogP contribution is -2.04. The number of benzene rings is 2. The van der Waals surface area contributed by atoms with Crippen molar-refractivity contribution in [3.63, 3.8) is 0 Å². The Morgan fingerprint density at radius 3 is 2.74 bits per heavy atom. The standard InChI is InChI=1S/C18H17NO3S/c1-12(2)21-18-19-11-17(23-18)22-16-6-5-14-9-13(7-8-20)3-4-15(14)10-16/h3-6,8-12H,7H2,1-2H3. The minimum absolute atomic E-state index is 0.0928. The average Bonchev–Trinajstić information content (AvgIpc) is 2.94. The third-order valence-corrected chi connectivity index (χ3v) is 3.98. The van der Waals surface area contributed by atoms with E-state index >= 15 is 0 Å². The Morgan fingerprint density at radius 1 is 1.17 bits per heavy atom. The molecule has 2 aromatic carbocycles. The van der Waals surface area contributed by atoms with Crippen LogP contribution in [0.25, 0.3) is 10.8 Å². The maximum atomic E-state index is 10.6. The maximum absolute atomic E-state index is 10.6. The zero-order chi connectivity index (χ0) is 16.2. The summed E-state index contributed by atoms with van der Waals surface area (Å²) in [7, 11) is 0. The first kappa shape index (κ1) is 15.5. The van der Waals surface area contributed by atoms with Gasteiger partial charge in [-0.05, 0) is 53.7 Å². The molecule has 4 nitrogen and oxygen atoms in total. The van der Waals surface area contributed by atoms with Gasteiger partial charge in [-0.3, -0.25) is 0 Å². The molecule has 0 aliphatic rings. The Labute approximate surface area is 138 Å². The van der Waals surface area contributed by atoms with Crippen LogP contribution in [0.5, 0.6) is 16.0 Å². The molecular formula is C18H17NO3S. The topological polar surface area (TPSA) is 48.4 Å². The molecule has 23 heavy (non-hydrogen) atoms. The van der Waals surface area contributed by atoms with Crippen molar-refractivity contribution in [1.82, 2.24) is 4.98 Å². The molecule has 0 fully saturated rings.